The summed E-state index contributed by atoms with van der Waals surface area (Å²) in [5.74, 6) is -1.20. The predicted molar refractivity (Wildman–Crippen MR) is 104 cm³/mol. The maximum Gasteiger partial charge on any atom is 0.328 e. The molecule has 0 bridgehead atoms. The van der Waals surface area contributed by atoms with Crippen LogP contribution in [0.1, 0.15) is 36.0 Å². The molecule has 142 valence electrons. The molecule has 1 saturated carbocycles. The van der Waals surface area contributed by atoms with Gasteiger partial charge in [-0.3, -0.25) is 9.59 Å². The number of Topliss-reactive ketones (excluding diaryl/α,β-unsaturated/α-hetero) is 1. The SMILES string of the molecule is O=C(COC(=O)C1(S(=O)(=O)c2ccc(Br)cc2)CCCC1)c1ccccc1. The van der Waals surface area contributed by atoms with Gasteiger partial charge in [-0.25, -0.2) is 8.42 Å². The number of hydrogen-bond acceptors (Lipinski definition) is 5. The number of halogens is 1. The molecule has 0 radical (unpaired) electrons. The van der Waals surface area contributed by atoms with Gasteiger partial charge in [-0.15, -0.1) is 0 Å². The lowest BCUT2D eigenvalue weighted by Crippen LogP contribution is -2.45. The molecule has 7 heteroatoms. The van der Waals surface area contributed by atoms with Gasteiger partial charge >= 0.3 is 5.97 Å². The molecule has 0 spiro atoms. The minimum Gasteiger partial charge on any atom is -0.456 e. The van der Waals surface area contributed by atoms with Gasteiger partial charge in [0.05, 0.1) is 4.90 Å². The number of esters is 1. The highest BCUT2D eigenvalue weighted by molar-refractivity contribution is 9.10. The van der Waals surface area contributed by atoms with Gasteiger partial charge in [0.15, 0.2) is 27.0 Å². The minimum absolute atomic E-state index is 0.0823. The zero-order chi connectivity index (χ0) is 19.5. The third kappa shape index (κ3) is 3.84. The van der Waals surface area contributed by atoms with Crippen molar-refractivity contribution < 1.29 is 22.7 Å². The standard InChI is InChI=1S/C20H19BrO5S/c21-16-8-10-17(11-9-16)27(24,25)20(12-4-5-13-20)19(23)26-14-18(22)15-6-2-1-3-7-15/h1-3,6-11H,4-5,12-14H2. The largest absolute Gasteiger partial charge is 0.456 e. The molecule has 0 N–H and O–H groups in total. The summed E-state index contributed by atoms with van der Waals surface area (Å²) in [7, 11) is -3.94. The molecule has 3 rings (SSSR count). The second-order valence-electron chi connectivity index (χ2n) is 6.52. The molecular formula is C20H19BrO5S. The summed E-state index contributed by atoms with van der Waals surface area (Å²) in [5, 5.41) is 0. The van der Waals surface area contributed by atoms with Crippen molar-refractivity contribution in [2.75, 3.05) is 6.61 Å². The van der Waals surface area contributed by atoms with Crippen molar-refractivity contribution in [3.05, 3.63) is 64.6 Å². The number of ketones is 1. The average molecular weight is 451 g/mol. The molecule has 1 aliphatic rings. The van der Waals surface area contributed by atoms with Crippen molar-refractivity contribution in [1.29, 1.82) is 0 Å². The molecule has 0 amide bonds. The molecule has 0 unspecified atom stereocenters. The lowest BCUT2D eigenvalue weighted by Gasteiger charge is -2.26. The highest BCUT2D eigenvalue weighted by Gasteiger charge is 2.54. The van der Waals surface area contributed by atoms with Crippen LogP contribution in [-0.4, -0.2) is 31.5 Å². The molecule has 27 heavy (non-hydrogen) atoms. The summed E-state index contributed by atoms with van der Waals surface area (Å²) < 4.78 is 30.8. The van der Waals surface area contributed by atoms with Crippen LogP contribution in [0.15, 0.2) is 64.0 Å². The quantitative estimate of drug-likeness (QED) is 0.491. The first kappa shape index (κ1) is 19.8. The monoisotopic (exact) mass is 450 g/mol. The Morgan fingerprint density at radius 2 is 1.56 bits per heavy atom. The van der Waals surface area contributed by atoms with Gasteiger partial charge in [-0.1, -0.05) is 59.1 Å². The van der Waals surface area contributed by atoms with E-state index in [4.69, 9.17) is 4.74 Å². The van der Waals surface area contributed by atoms with Gasteiger partial charge in [-0.05, 0) is 37.1 Å². The molecule has 0 aromatic heterocycles. The maximum atomic E-state index is 13.2. The van der Waals surface area contributed by atoms with Crippen molar-refractivity contribution in [2.24, 2.45) is 0 Å². The Labute approximate surface area is 166 Å². The number of carbonyl (C=O) groups is 2. The Kier molecular flexibility index (Phi) is 5.81. The summed E-state index contributed by atoms with van der Waals surface area (Å²) in [5.41, 5.74) is 0.418. The molecule has 2 aromatic carbocycles. The van der Waals surface area contributed by atoms with E-state index < -0.39 is 27.2 Å². The van der Waals surface area contributed by atoms with Gasteiger partial charge in [0.1, 0.15) is 0 Å². The number of rotatable bonds is 6. The zero-order valence-electron chi connectivity index (χ0n) is 14.6. The fourth-order valence-corrected chi connectivity index (χ4v) is 5.65. The van der Waals surface area contributed by atoms with E-state index in [1.54, 1.807) is 42.5 Å². The van der Waals surface area contributed by atoms with Crippen LogP contribution in [0.5, 0.6) is 0 Å². The van der Waals surface area contributed by atoms with Crippen LogP contribution in [0.2, 0.25) is 0 Å². The van der Waals surface area contributed by atoms with E-state index in [1.165, 1.54) is 12.1 Å². The first-order chi connectivity index (χ1) is 12.9. The van der Waals surface area contributed by atoms with Crippen LogP contribution in [0.4, 0.5) is 0 Å². The first-order valence-corrected chi connectivity index (χ1v) is 10.9. The van der Waals surface area contributed by atoms with E-state index in [1.807, 2.05) is 0 Å². The Morgan fingerprint density at radius 3 is 2.15 bits per heavy atom. The van der Waals surface area contributed by atoms with Crippen LogP contribution in [0.25, 0.3) is 0 Å². The smallest absolute Gasteiger partial charge is 0.328 e. The molecule has 5 nitrogen and oxygen atoms in total. The zero-order valence-corrected chi connectivity index (χ0v) is 17.0. The van der Waals surface area contributed by atoms with Crippen molar-refractivity contribution >= 4 is 37.5 Å². The Hall–Kier alpha value is -1.99. The topological polar surface area (TPSA) is 77.5 Å². The molecule has 0 heterocycles. The lowest BCUT2D eigenvalue weighted by molar-refractivity contribution is -0.145. The Balaban J connectivity index is 1.82. The van der Waals surface area contributed by atoms with Crippen molar-refractivity contribution in [1.82, 2.24) is 0 Å². The van der Waals surface area contributed by atoms with Crippen LogP contribution in [-0.2, 0) is 19.4 Å². The second-order valence-corrected chi connectivity index (χ2v) is 9.70. The molecule has 2 aromatic rings. The molecule has 0 saturated heterocycles. The van der Waals surface area contributed by atoms with Crippen molar-refractivity contribution in [3.8, 4) is 0 Å². The third-order valence-electron chi connectivity index (χ3n) is 4.85. The minimum atomic E-state index is -3.94. The summed E-state index contributed by atoms with van der Waals surface area (Å²) in [6, 6.07) is 14.7. The van der Waals surface area contributed by atoms with E-state index in [9.17, 15) is 18.0 Å². The number of benzene rings is 2. The fraction of sp³-hybridized carbons (Fsp3) is 0.300. The number of carbonyl (C=O) groups excluding carboxylic acids is 2. The van der Waals surface area contributed by atoms with Gasteiger partial charge in [0.25, 0.3) is 0 Å². The molecular weight excluding hydrogens is 432 g/mol. The Morgan fingerprint density at radius 1 is 0.963 bits per heavy atom. The van der Waals surface area contributed by atoms with Gasteiger partial charge in [0.2, 0.25) is 0 Å². The highest BCUT2D eigenvalue weighted by atomic mass is 79.9. The summed E-state index contributed by atoms with van der Waals surface area (Å²) in [4.78, 5) is 25.1. The summed E-state index contributed by atoms with van der Waals surface area (Å²) >= 11 is 3.28. The summed E-state index contributed by atoms with van der Waals surface area (Å²) in [6.07, 6.45) is 1.64. The van der Waals surface area contributed by atoms with Crippen LogP contribution >= 0.6 is 15.9 Å². The van der Waals surface area contributed by atoms with Gasteiger partial charge < -0.3 is 4.74 Å². The van der Waals surface area contributed by atoms with E-state index in [0.29, 0.717) is 18.4 Å². The number of hydrogen-bond donors (Lipinski definition) is 0. The van der Waals surface area contributed by atoms with Crippen LogP contribution < -0.4 is 0 Å². The molecule has 0 atom stereocenters. The normalized spacial score (nSPS) is 16.0. The van der Waals surface area contributed by atoms with Gasteiger partial charge in [0, 0.05) is 10.0 Å². The molecule has 1 fully saturated rings. The predicted octanol–water partition coefficient (Wildman–Crippen LogP) is 3.96. The number of ether oxygens (including phenoxy) is 1. The van der Waals surface area contributed by atoms with Gasteiger partial charge in [-0.2, -0.15) is 0 Å². The summed E-state index contributed by atoms with van der Waals surface area (Å²) in [6.45, 7) is -0.472. The second kappa shape index (κ2) is 7.94. The average Bonchev–Trinajstić information content (AvgIpc) is 3.19. The van der Waals surface area contributed by atoms with E-state index in [-0.39, 0.29) is 23.5 Å². The first-order valence-electron chi connectivity index (χ1n) is 8.62. The Bertz CT molecular complexity index is 930. The van der Waals surface area contributed by atoms with Crippen LogP contribution in [0, 0.1) is 0 Å². The fourth-order valence-electron chi connectivity index (χ4n) is 3.34. The molecule has 0 aliphatic heterocycles. The van der Waals surface area contributed by atoms with E-state index in [0.717, 1.165) is 4.47 Å². The highest BCUT2D eigenvalue weighted by Crippen LogP contribution is 2.41. The molecule has 1 aliphatic carbocycles. The number of sulfone groups is 1. The van der Waals surface area contributed by atoms with Crippen molar-refractivity contribution in [3.63, 3.8) is 0 Å². The van der Waals surface area contributed by atoms with Crippen molar-refractivity contribution in [2.45, 2.75) is 35.3 Å². The van der Waals surface area contributed by atoms with E-state index in [2.05, 4.69) is 15.9 Å². The van der Waals surface area contributed by atoms with E-state index >= 15 is 0 Å². The lowest BCUT2D eigenvalue weighted by atomic mass is 10.1. The van der Waals surface area contributed by atoms with Crippen LogP contribution in [0.3, 0.4) is 0 Å². The maximum absolute atomic E-state index is 13.2. The third-order valence-corrected chi connectivity index (χ3v) is 7.88.